The van der Waals surface area contributed by atoms with Crippen LogP contribution in [0.4, 0.5) is 0 Å². The average molecular weight is 234 g/mol. The number of aromatic nitrogens is 1. The second-order valence-corrected chi connectivity index (χ2v) is 3.67. The third kappa shape index (κ3) is 2.04. The van der Waals surface area contributed by atoms with Crippen LogP contribution in [0, 0.1) is 0 Å². The number of carbonyl (C=O) groups excluding carboxylic acids is 1. The van der Waals surface area contributed by atoms with Gasteiger partial charge in [0.2, 0.25) is 0 Å². The fourth-order valence-electron chi connectivity index (χ4n) is 1.34. The van der Waals surface area contributed by atoms with Gasteiger partial charge in [0.15, 0.2) is 5.78 Å². The molecular weight excluding hydrogens is 226 g/mol. The summed E-state index contributed by atoms with van der Waals surface area (Å²) in [6.07, 6.45) is 3.03. The van der Waals surface area contributed by atoms with Crippen LogP contribution >= 0.6 is 11.6 Å². The molecule has 0 aliphatic rings. The number of pyridine rings is 1. The zero-order chi connectivity index (χ0) is 11.5. The molecule has 0 amide bonds. The zero-order valence-electron chi connectivity index (χ0n) is 8.22. The van der Waals surface area contributed by atoms with Gasteiger partial charge in [-0.05, 0) is 30.3 Å². The summed E-state index contributed by atoms with van der Waals surface area (Å²) in [7, 11) is 0. The molecule has 0 fully saturated rings. The lowest BCUT2D eigenvalue weighted by Crippen LogP contribution is -2.01. The Hall–Kier alpha value is -1.87. The van der Waals surface area contributed by atoms with Gasteiger partial charge in [-0.1, -0.05) is 11.6 Å². The summed E-state index contributed by atoms with van der Waals surface area (Å²) in [6.45, 7) is 0. The Balaban J connectivity index is 2.46. The minimum absolute atomic E-state index is 0.0850. The third-order valence-electron chi connectivity index (χ3n) is 2.13. The number of phenolic OH excluding ortho intramolecular Hbond substituents is 1. The Kier molecular flexibility index (Phi) is 2.88. The lowest BCUT2D eigenvalue weighted by atomic mass is 10.0. The molecule has 0 bridgehead atoms. The number of phenols is 1. The van der Waals surface area contributed by atoms with E-state index in [9.17, 15) is 9.90 Å². The Morgan fingerprint density at radius 1 is 1.31 bits per heavy atom. The van der Waals surface area contributed by atoms with Crippen molar-refractivity contribution >= 4 is 17.4 Å². The van der Waals surface area contributed by atoms with E-state index in [4.69, 9.17) is 11.6 Å². The Bertz CT molecular complexity index is 526. The number of nitrogens with zero attached hydrogens (tertiary/aromatic N) is 1. The van der Waals surface area contributed by atoms with Crippen molar-refractivity contribution in [3.05, 3.63) is 58.9 Å². The van der Waals surface area contributed by atoms with Crippen molar-refractivity contribution in [2.45, 2.75) is 0 Å². The number of aromatic hydroxyl groups is 1. The van der Waals surface area contributed by atoms with Crippen molar-refractivity contribution in [2.24, 2.45) is 0 Å². The van der Waals surface area contributed by atoms with Crippen LogP contribution in [-0.2, 0) is 0 Å². The first kappa shape index (κ1) is 10.6. The highest BCUT2D eigenvalue weighted by Crippen LogP contribution is 2.23. The van der Waals surface area contributed by atoms with E-state index in [1.54, 1.807) is 18.3 Å². The van der Waals surface area contributed by atoms with Crippen LogP contribution in [0.25, 0.3) is 0 Å². The number of rotatable bonds is 2. The van der Waals surface area contributed by atoms with E-state index in [1.807, 2.05) is 0 Å². The number of hydrogen-bond acceptors (Lipinski definition) is 3. The first-order valence-electron chi connectivity index (χ1n) is 4.62. The van der Waals surface area contributed by atoms with E-state index >= 15 is 0 Å². The summed E-state index contributed by atoms with van der Waals surface area (Å²) in [5.41, 5.74) is 0.598. The average Bonchev–Trinajstić information content (AvgIpc) is 2.32. The predicted molar refractivity (Wildman–Crippen MR) is 60.8 cm³/mol. The van der Waals surface area contributed by atoms with Crippen LogP contribution in [0.2, 0.25) is 5.02 Å². The molecule has 80 valence electrons. The standard InChI is InChI=1S/C12H8ClNO2/c13-9-3-4-11(15)10(6-9)12(16)8-2-1-5-14-7-8/h1-7,15H. The molecule has 0 spiro atoms. The summed E-state index contributed by atoms with van der Waals surface area (Å²) in [6, 6.07) is 7.65. The van der Waals surface area contributed by atoms with Crippen molar-refractivity contribution in [2.75, 3.05) is 0 Å². The van der Waals surface area contributed by atoms with Gasteiger partial charge in [-0.25, -0.2) is 0 Å². The van der Waals surface area contributed by atoms with E-state index in [2.05, 4.69) is 4.98 Å². The van der Waals surface area contributed by atoms with Gasteiger partial charge >= 0.3 is 0 Å². The maximum Gasteiger partial charge on any atom is 0.198 e. The number of halogens is 1. The molecule has 1 aromatic heterocycles. The molecule has 1 heterocycles. The van der Waals surface area contributed by atoms with Gasteiger partial charge < -0.3 is 5.11 Å². The first-order valence-corrected chi connectivity index (χ1v) is 4.99. The van der Waals surface area contributed by atoms with Gasteiger partial charge in [-0.2, -0.15) is 0 Å². The molecule has 2 aromatic rings. The highest BCUT2D eigenvalue weighted by molar-refractivity contribution is 6.31. The molecule has 0 aliphatic heterocycles. The van der Waals surface area contributed by atoms with Crippen LogP contribution < -0.4 is 0 Å². The Morgan fingerprint density at radius 3 is 2.81 bits per heavy atom. The van der Waals surface area contributed by atoms with Gasteiger partial charge in [0.25, 0.3) is 0 Å². The van der Waals surface area contributed by atoms with E-state index in [1.165, 1.54) is 24.4 Å². The normalized spacial score (nSPS) is 10.1. The fraction of sp³-hybridized carbons (Fsp3) is 0. The van der Waals surface area contributed by atoms with Gasteiger partial charge in [0.1, 0.15) is 5.75 Å². The van der Waals surface area contributed by atoms with E-state index in [-0.39, 0.29) is 17.1 Å². The van der Waals surface area contributed by atoms with Crippen molar-refractivity contribution < 1.29 is 9.90 Å². The molecular formula is C12H8ClNO2. The minimum atomic E-state index is -0.298. The molecule has 0 atom stereocenters. The second-order valence-electron chi connectivity index (χ2n) is 3.23. The Labute approximate surface area is 97.3 Å². The highest BCUT2D eigenvalue weighted by Gasteiger charge is 2.13. The van der Waals surface area contributed by atoms with Gasteiger partial charge in [-0.3, -0.25) is 9.78 Å². The monoisotopic (exact) mass is 233 g/mol. The molecule has 0 aliphatic carbocycles. The maximum absolute atomic E-state index is 12.0. The molecule has 0 saturated heterocycles. The molecule has 16 heavy (non-hydrogen) atoms. The fourth-order valence-corrected chi connectivity index (χ4v) is 1.51. The second kappa shape index (κ2) is 4.33. The molecule has 0 saturated carbocycles. The van der Waals surface area contributed by atoms with E-state index < -0.39 is 0 Å². The lowest BCUT2D eigenvalue weighted by Gasteiger charge is -2.03. The van der Waals surface area contributed by atoms with Crippen LogP contribution in [0.1, 0.15) is 15.9 Å². The van der Waals surface area contributed by atoms with Crippen LogP contribution in [0.15, 0.2) is 42.7 Å². The van der Waals surface area contributed by atoms with Gasteiger partial charge in [0, 0.05) is 23.0 Å². The maximum atomic E-state index is 12.0. The largest absolute Gasteiger partial charge is 0.507 e. The molecule has 1 aromatic carbocycles. The Morgan fingerprint density at radius 2 is 2.12 bits per heavy atom. The molecule has 1 N–H and O–H groups in total. The summed E-state index contributed by atoms with van der Waals surface area (Å²) >= 11 is 5.77. The zero-order valence-corrected chi connectivity index (χ0v) is 8.98. The molecule has 0 radical (unpaired) electrons. The topological polar surface area (TPSA) is 50.2 Å². The van der Waals surface area contributed by atoms with Crippen molar-refractivity contribution in [3.63, 3.8) is 0 Å². The molecule has 2 rings (SSSR count). The first-order chi connectivity index (χ1) is 7.68. The predicted octanol–water partition coefficient (Wildman–Crippen LogP) is 2.67. The van der Waals surface area contributed by atoms with Crippen molar-refractivity contribution in [3.8, 4) is 5.75 Å². The smallest absolute Gasteiger partial charge is 0.198 e. The van der Waals surface area contributed by atoms with Crippen LogP contribution in [-0.4, -0.2) is 15.9 Å². The quantitative estimate of drug-likeness (QED) is 0.812. The van der Waals surface area contributed by atoms with Crippen molar-refractivity contribution in [1.82, 2.24) is 4.98 Å². The minimum Gasteiger partial charge on any atom is -0.507 e. The van der Waals surface area contributed by atoms with Gasteiger partial charge in [0.05, 0.1) is 5.56 Å². The SMILES string of the molecule is O=C(c1cccnc1)c1cc(Cl)ccc1O. The van der Waals surface area contributed by atoms with E-state index in [0.29, 0.717) is 10.6 Å². The summed E-state index contributed by atoms with van der Waals surface area (Å²) in [4.78, 5) is 15.8. The molecule has 3 nitrogen and oxygen atoms in total. The summed E-state index contributed by atoms with van der Waals surface area (Å²) in [5, 5.41) is 9.97. The van der Waals surface area contributed by atoms with Crippen LogP contribution in [0.3, 0.4) is 0 Å². The summed E-state index contributed by atoms with van der Waals surface area (Å²) < 4.78 is 0. The molecule has 0 unspecified atom stereocenters. The van der Waals surface area contributed by atoms with Crippen molar-refractivity contribution in [1.29, 1.82) is 0 Å². The van der Waals surface area contributed by atoms with E-state index in [0.717, 1.165) is 0 Å². The third-order valence-corrected chi connectivity index (χ3v) is 2.36. The highest BCUT2D eigenvalue weighted by atomic mass is 35.5. The van der Waals surface area contributed by atoms with Crippen LogP contribution in [0.5, 0.6) is 5.75 Å². The summed E-state index contributed by atoms with van der Waals surface area (Å²) in [5.74, 6) is -0.383. The number of carbonyl (C=O) groups is 1. The lowest BCUT2D eigenvalue weighted by molar-refractivity contribution is 0.103. The van der Waals surface area contributed by atoms with Gasteiger partial charge in [-0.15, -0.1) is 0 Å². The molecule has 4 heteroatoms. The number of hydrogen-bond donors (Lipinski definition) is 1. The number of ketones is 1. The number of benzene rings is 1.